The standard InChI is InChI=1S/C14H18N2O5/c17-13(16-19)9-12-14(18)15-10-5-1-2-6-11(10)20-7-3-4-8-21-12/h1-2,5-6,12,19H,3-4,7-9H2,(H,15,18)(H,16,17). The lowest BCUT2D eigenvalue weighted by molar-refractivity contribution is -0.138. The van der Waals surface area contributed by atoms with Crippen LogP contribution in [0.25, 0.3) is 0 Å². The van der Waals surface area contributed by atoms with Crippen LogP contribution >= 0.6 is 0 Å². The Kier molecular flexibility index (Phi) is 5.53. The van der Waals surface area contributed by atoms with Crippen molar-refractivity contribution in [2.45, 2.75) is 25.4 Å². The van der Waals surface area contributed by atoms with Crippen molar-refractivity contribution in [3.63, 3.8) is 0 Å². The summed E-state index contributed by atoms with van der Waals surface area (Å²) in [5.41, 5.74) is 2.03. The average molecular weight is 294 g/mol. The number of para-hydroxylation sites is 2. The van der Waals surface area contributed by atoms with Gasteiger partial charge < -0.3 is 14.8 Å². The number of hydroxylamine groups is 1. The molecule has 0 radical (unpaired) electrons. The maximum atomic E-state index is 12.2. The van der Waals surface area contributed by atoms with Crippen molar-refractivity contribution < 1.29 is 24.3 Å². The molecule has 2 rings (SSSR count). The molecule has 1 atom stereocenters. The van der Waals surface area contributed by atoms with Crippen molar-refractivity contribution >= 4 is 17.5 Å². The third-order valence-electron chi connectivity index (χ3n) is 3.05. The van der Waals surface area contributed by atoms with Crippen LogP contribution in [-0.2, 0) is 14.3 Å². The first-order valence-electron chi connectivity index (χ1n) is 6.78. The molecular weight excluding hydrogens is 276 g/mol. The highest BCUT2D eigenvalue weighted by atomic mass is 16.5. The van der Waals surface area contributed by atoms with Gasteiger partial charge in [-0.3, -0.25) is 14.8 Å². The van der Waals surface area contributed by atoms with Crippen molar-refractivity contribution in [1.29, 1.82) is 0 Å². The van der Waals surface area contributed by atoms with E-state index in [9.17, 15) is 9.59 Å². The zero-order valence-electron chi connectivity index (χ0n) is 11.5. The van der Waals surface area contributed by atoms with E-state index in [0.717, 1.165) is 6.42 Å². The van der Waals surface area contributed by atoms with Gasteiger partial charge in [0, 0.05) is 6.61 Å². The molecule has 1 aromatic carbocycles. The Morgan fingerprint density at radius 3 is 2.90 bits per heavy atom. The molecule has 114 valence electrons. The molecule has 21 heavy (non-hydrogen) atoms. The van der Waals surface area contributed by atoms with Gasteiger partial charge in [-0.2, -0.15) is 0 Å². The molecule has 0 spiro atoms. The van der Waals surface area contributed by atoms with Crippen LogP contribution in [0.4, 0.5) is 5.69 Å². The van der Waals surface area contributed by atoms with E-state index in [-0.39, 0.29) is 6.42 Å². The number of anilines is 1. The van der Waals surface area contributed by atoms with Crippen LogP contribution in [0.3, 0.4) is 0 Å². The quantitative estimate of drug-likeness (QED) is 0.560. The highest BCUT2D eigenvalue weighted by Gasteiger charge is 2.24. The van der Waals surface area contributed by atoms with Crippen molar-refractivity contribution in [2.24, 2.45) is 0 Å². The lowest BCUT2D eigenvalue weighted by Gasteiger charge is -2.17. The normalized spacial score (nSPS) is 19.5. The maximum absolute atomic E-state index is 12.2. The second kappa shape index (κ2) is 7.61. The third kappa shape index (κ3) is 4.44. The number of hydrogen-bond donors (Lipinski definition) is 3. The first-order chi connectivity index (χ1) is 10.2. The molecule has 7 nitrogen and oxygen atoms in total. The Labute approximate surface area is 122 Å². The Morgan fingerprint density at radius 2 is 2.10 bits per heavy atom. The van der Waals surface area contributed by atoms with Crippen molar-refractivity contribution in [3.05, 3.63) is 24.3 Å². The fourth-order valence-corrected chi connectivity index (χ4v) is 1.96. The molecule has 0 aliphatic carbocycles. The van der Waals surface area contributed by atoms with Crippen molar-refractivity contribution in [1.82, 2.24) is 5.48 Å². The number of amides is 2. The Bertz CT molecular complexity index is 506. The molecule has 1 unspecified atom stereocenters. The van der Waals surface area contributed by atoms with Gasteiger partial charge in [0.25, 0.3) is 5.91 Å². The van der Waals surface area contributed by atoms with Gasteiger partial charge in [0.05, 0.1) is 18.7 Å². The molecule has 3 N–H and O–H groups in total. The molecule has 2 amide bonds. The third-order valence-corrected chi connectivity index (χ3v) is 3.05. The fourth-order valence-electron chi connectivity index (χ4n) is 1.96. The number of rotatable bonds is 2. The van der Waals surface area contributed by atoms with Crippen LogP contribution < -0.4 is 15.5 Å². The highest BCUT2D eigenvalue weighted by Crippen LogP contribution is 2.25. The second-order valence-corrected chi connectivity index (χ2v) is 4.64. The summed E-state index contributed by atoms with van der Waals surface area (Å²) in [5, 5.41) is 11.3. The van der Waals surface area contributed by atoms with Crippen LogP contribution in [0.1, 0.15) is 19.3 Å². The number of fused-ring (bicyclic) bond motifs is 1. The maximum Gasteiger partial charge on any atom is 0.254 e. The van der Waals surface area contributed by atoms with E-state index in [1.807, 2.05) is 6.07 Å². The van der Waals surface area contributed by atoms with Gasteiger partial charge >= 0.3 is 0 Å². The van der Waals surface area contributed by atoms with E-state index < -0.39 is 17.9 Å². The number of hydrogen-bond acceptors (Lipinski definition) is 5. The minimum atomic E-state index is -0.955. The van der Waals surface area contributed by atoms with E-state index in [2.05, 4.69) is 5.32 Å². The van der Waals surface area contributed by atoms with Crippen molar-refractivity contribution in [3.8, 4) is 5.75 Å². The second-order valence-electron chi connectivity index (χ2n) is 4.64. The molecule has 0 aromatic heterocycles. The molecule has 0 fully saturated rings. The summed E-state index contributed by atoms with van der Waals surface area (Å²) in [5.74, 6) is -0.538. The van der Waals surface area contributed by atoms with Gasteiger partial charge in [0.2, 0.25) is 5.91 Å². The van der Waals surface area contributed by atoms with Gasteiger partial charge in [-0.05, 0) is 25.0 Å². The summed E-state index contributed by atoms with van der Waals surface area (Å²) >= 11 is 0. The topological polar surface area (TPSA) is 96.9 Å². The van der Waals surface area contributed by atoms with E-state index >= 15 is 0 Å². The highest BCUT2D eigenvalue weighted by molar-refractivity contribution is 5.97. The van der Waals surface area contributed by atoms with E-state index in [1.54, 1.807) is 18.2 Å². The van der Waals surface area contributed by atoms with E-state index in [1.165, 1.54) is 5.48 Å². The Balaban J connectivity index is 2.16. The minimum Gasteiger partial charge on any atom is -0.491 e. The van der Waals surface area contributed by atoms with E-state index in [4.69, 9.17) is 14.7 Å². The number of ether oxygens (including phenoxy) is 2. The van der Waals surface area contributed by atoms with Gasteiger partial charge in [-0.1, -0.05) is 12.1 Å². The number of carbonyl (C=O) groups excluding carboxylic acids is 2. The first-order valence-corrected chi connectivity index (χ1v) is 6.78. The average Bonchev–Trinajstić information content (AvgIpc) is 2.52. The van der Waals surface area contributed by atoms with Gasteiger partial charge in [-0.25, -0.2) is 5.48 Å². The van der Waals surface area contributed by atoms with E-state index in [0.29, 0.717) is 31.1 Å². The Hall–Kier alpha value is -2.12. The molecule has 0 saturated carbocycles. The predicted molar refractivity (Wildman–Crippen MR) is 74.1 cm³/mol. The van der Waals surface area contributed by atoms with Crippen LogP contribution in [-0.4, -0.2) is 36.3 Å². The van der Waals surface area contributed by atoms with Crippen LogP contribution in [0, 0.1) is 0 Å². The molecule has 0 saturated heterocycles. The zero-order chi connectivity index (χ0) is 15.1. The summed E-state index contributed by atoms with van der Waals surface area (Å²) < 4.78 is 11.1. The lowest BCUT2D eigenvalue weighted by Crippen LogP contribution is -2.35. The first kappa shape index (κ1) is 15.3. The van der Waals surface area contributed by atoms with Crippen LogP contribution in [0.15, 0.2) is 24.3 Å². The molecule has 0 bridgehead atoms. The van der Waals surface area contributed by atoms with Crippen molar-refractivity contribution in [2.75, 3.05) is 18.5 Å². The minimum absolute atomic E-state index is 0.245. The summed E-state index contributed by atoms with van der Waals surface area (Å²) in [6, 6.07) is 7.08. The number of nitrogens with one attached hydrogen (secondary N) is 2. The van der Waals surface area contributed by atoms with Gasteiger partial charge in [0.1, 0.15) is 11.9 Å². The zero-order valence-corrected chi connectivity index (χ0v) is 11.5. The summed E-state index contributed by atoms with van der Waals surface area (Å²) in [4.78, 5) is 23.5. The SMILES string of the molecule is O=C(CC1OCCCCOc2ccccc2NC1=O)NO. The van der Waals surface area contributed by atoms with Crippen LogP contribution in [0.5, 0.6) is 5.75 Å². The number of carbonyl (C=O) groups is 2. The molecular formula is C14H18N2O5. The van der Waals surface area contributed by atoms with Gasteiger partial charge in [-0.15, -0.1) is 0 Å². The summed E-state index contributed by atoms with van der Waals surface area (Å²) in [6.07, 6.45) is 0.294. The van der Waals surface area contributed by atoms with Crippen LogP contribution in [0.2, 0.25) is 0 Å². The molecule has 1 aliphatic rings. The van der Waals surface area contributed by atoms with Gasteiger partial charge in [0.15, 0.2) is 0 Å². The number of benzene rings is 1. The predicted octanol–water partition coefficient (Wildman–Crippen LogP) is 1.08. The largest absolute Gasteiger partial charge is 0.491 e. The monoisotopic (exact) mass is 294 g/mol. The fraction of sp³-hybridized carbons (Fsp3) is 0.429. The smallest absolute Gasteiger partial charge is 0.254 e. The summed E-state index contributed by atoms with van der Waals surface area (Å²) in [7, 11) is 0. The molecule has 7 heteroatoms. The lowest BCUT2D eigenvalue weighted by atomic mass is 10.2. The molecule has 1 aliphatic heterocycles. The Morgan fingerprint density at radius 1 is 1.33 bits per heavy atom. The molecule has 1 heterocycles. The summed E-state index contributed by atoms with van der Waals surface area (Å²) in [6.45, 7) is 0.870. The molecule has 1 aromatic rings.